The first-order valence-corrected chi connectivity index (χ1v) is 5.08. The van der Waals surface area contributed by atoms with Gasteiger partial charge in [-0.3, -0.25) is 11.3 Å². The zero-order valence-corrected chi connectivity index (χ0v) is 8.25. The van der Waals surface area contributed by atoms with Gasteiger partial charge in [0.1, 0.15) is 12.4 Å². The molecule has 76 valence electrons. The van der Waals surface area contributed by atoms with Crippen molar-refractivity contribution in [2.24, 2.45) is 5.84 Å². The standard InChI is InChI=1S/C11H16N2O/c12-13-6-7-14-11-5-4-9-2-1-3-10(9)8-11/h4-5,8,13H,1-3,6-7,12H2. The first-order valence-electron chi connectivity index (χ1n) is 5.08. The van der Waals surface area contributed by atoms with Gasteiger partial charge in [-0.25, -0.2) is 0 Å². The molecule has 0 atom stereocenters. The Morgan fingerprint density at radius 2 is 2.14 bits per heavy atom. The van der Waals surface area contributed by atoms with Gasteiger partial charge >= 0.3 is 0 Å². The van der Waals surface area contributed by atoms with Gasteiger partial charge in [0.05, 0.1) is 0 Å². The number of nitrogens with two attached hydrogens (primary N) is 1. The van der Waals surface area contributed by atoms with Crippen LogP contribution in [0.4, 0.5) is 0 Å². The molecule has 0 radical (unpaired) electrons. The van der Waals surface area contributed by atoms with Crippen molar-refractivity contribution in [1.29, 1.82) is 0 Å². The Balaban J connectivity index is 1.98. The van der Waals surface area contributed by atoms with Crippen molar-refractivity contribution in [3.05, 3.63) is 29.3 Å². The van der Waals surface area contributed by atoms with Crippen molar-refractivity contribution in [2.75, 3.05) is 13.2 Å². The highest BCUT2D eigenvalue weighted by molar-refractivity contribution is 5.38. The van der Waals surface area contributed by atoms with Crippen LogP contribution in [0.3, 0.4) is 0 Å². The predicted molar refractivity (Wildman–Crippen MR) is 56.2 cm³/mol. The number of rotatable bonds is 4. The van der Waals surface area contributed by atoms with Crippen LogP contribution in [0.2, 0.25) is 0 Å². The highest BCUT2D eigenvalue weighted by atomic mass is 16.5. The highest BCUT2D eigenvalue weighted by Gasteiger charge is 2.10. The zero-order chi connectivity index (χ0) is 9.80. The first-order chi connectivity index (χ1) is 6.90. The highest BCUT2D eigenvalue weighted by Crippen LogP contribution is 2.25. The maximum atomic E-state index is 5.53. The van der Waals surface area contributed by atoms with Crippen molar-refractivity contribution in [3.63, 3.8) is 0 Å². The number of ether oxygens (including phenoxy) is 1. The third-order valence-corrected chi connectivity index (χ3v) is 2.59. The average molecular weight is 192 g/mol. The van der Waals surface area contributed by atoms with Crippen molar-refractivity contribution in [2.45, 2.75) is 19.3 Å². The summed E-state index contributed by atoms with van der Waals surface area (Å²) in [4.78, 5) is 0. The second-order valence-electron chi connectivity index (χ2n) is 3.59. The Kier molecular flexibility index (Phi) is 3.01. The molecule has 1 aliphatic carbocycles. The van der Waals surface area contributed by atoms with Crippen molar-refractivity contribution >= 4 is 0 Å². The van der Waals surface area contributed by atoms with Crippen molar-refractivity contribution < 1.29 is 4.74 Å². The Hall–Kier alpha value is -1.06. The number of nitrogens with one attached hydrogen (secondary N) is 1. The van der Waals surface area contributed by atoms with E-state index in [0.29, 0.717) is 13.2 Å². The zero-order valence-electron chi connectivity index (χ0n) is 8.25. The molecule has 0 unspecified atom stereocenters. The average Bonchev–Trinajstić information content (AvgIpc) is 2.65. The third-order valence-electron chi connectivity index (χ3n) is 2.59. The molecule has 1 aromatic carbocycles. The Morgan fingerprint density at radius 3 is 3.00 bits per heavy atom. The Bertz CT molecular complexity index is 312. The fourth-order valence-corrected chi connectivity index (χ4v) is 1.87. The van der Waals surface area contributed by atoms with Crippen LogP contribution in [0.25, 0.3) is 0 Å². The lowest BCUT2D eigenvalue weighted by Crippen LogP contribution is -2.27. The number of hydrogen-bond acceptors (Lipinski definition) is 3. The largest absolute Gasteiger partial charge is 0.492 e. The molecule has 2 rings (SSSR count). The van der Waals surface area contributed by atoms with Gasteiger partial charge < -0.3 is 4.74 Å². The molecule has 14 heavy (non-hydrogen) atoms. The normalized spacial score (nSPS) is 14.1. The molecule has 0 aromatic heterocycles. The van der Waals surface area contributed by atoms with E-state index in [1.54, 1.807) is 0 Å². The van der Waals surface area contributed by atoms with E-state index in [1.807, 2.05) is 6.07 Å². The van der Waals surface area contributed by atoms with Crippen LogP contribution < -0.4 is 16.0 Å². The SMILES string of the molecule is NNCCOc1ccc2c(c1)CCC2. The van der Waals surface area contributed by atoms with Gasteiger partial charge in [0.15, 0.2) is 0 Å². The van der Waals surface area contributed by atoms with Gasteiger partial charge in [-0.05, 0) is 42.5 Å². The molecule has 0 spiro atoms. The summed E-state index contributed by atoms with van der Waals surface area (Å²) in [6, 6.07) is 6.37. The van der Waals surface area contributed by atoms with Crippen LogP contribution in [-0.2, 0) is 12.8 Å². The van der Waals surface area contributed by atoms with Gasteiger partial charge in [-0.15, -0.1) is 0 Å². The summed E-state index contributed by atoms with van der Waals surface area (Å²) in [5, 5.41) is 0. The second-order valence-corrected chi connectivity index (χ2v) is 3.59. The van der Waals surface area contributed by atoms with Gasteiger partial charge in [0, 0.05) is 6.54 Å². The number of benzene rings is 1. The molecule has 3 N–H and O–H groups in total. The van der Waals surface area contributed by atoms with Crippen LogP contribution in [0.1, 0.15) is 17.5 Å². The molecule has 0 amide bonds. The summed E-state index contributed by atoms with van der Waals surface area (Å²) in [5.41, 5.74) is 5.49. The maximum absolute atomic E-state index is 5.53. The first kappa shape index (κ1) is 9.49. The molecule has 1 aliphatic rings. The van der Waals surface area contributed by atoms with E-state index in [-0.39, 0.29) is 0 Å². The van der Waals surface area contributed by atoms with E-state index in [0.717, 1.165) is 5.75 Å². The minimum atomic E-state index is 0.620. The number of aryl methyl sites for hydroxylation is 2. The maximum Gasteiger partial charge on any atom is 0.119 e. The number of hydrazine groups is 1. The van der Waals surface area contributed by atoms with E-state index in [1.165, 1.54) is 30.4 Å². The van der Waals surface area contributed by atoms with Crippen LogP contribution >= 0.6 is 0 Å². The van der Waals surface area contributed by atoms with Crippen LogP contribution in [-0.4, -0.2) is 13.2 Å². The molecular formula is C11H16N2O. The molecule has 0 fully saturated rings. The summed E-state index contributed by atoms with van der Waals surface area (Å²) in [6.45, 7) is 1.30. The smallest absolute Gasteiger partial charge is 0.119 e. The molecular weight excluding hydrogens is 176 g/mol. The summed E-state index contributed by atoms with van der Waals surface area (Å²) in [5.74, 6) is 6.11. The summed E-state index contributed by atoms with van der Waals surface area (Å²) in [7, 11) is 0. The Labute approximate surface area is 84.2 Å². The van der Waals surface area contributed by atoms with Crippen LogP contribution in [0.15, 0.2) is 18.2 Å². The lowest BCUT2D eigenvalue weighted by atomic mass is 10.1. The lowest BCUT2D eigenvalue weighted by molar-refractivity contribution is 0.315. The molecule has 0 saturated carbocycles. The van der Waals surface area contributed by atoms with Gasteiger partial charge in [0.25, 0.3) is 0 Å². The topological polar surface area (TPSA) is 47.3 Å². The van der Waals surface area contributed by atoms with Crippen LogP contribution in [0, 0.1) is 0 Å². The van der Waals surface area contributed by atoms with E-state index in [4.69, 9.17) is 10.6 Å². The Morgan fingerprint density at radius 1 is 1.29 bits per heavy atom. The summed E-state index contributed by atoms with van der Waals surface area (Å²) >= 11 is 0. The van der Waals surface area contributed by atoms with Crippen LogP contribution in [0.5, 0.6) is 5.75 Å². The van der Waals surface area contributed by atoms with Crippen molar-refractivity contribution in [1.82, 2.24) is 5.43 Å². The van der Waals surface area contributed by atoms with Gasteiger partial charge in [-0.1, -0.05) is 6.07 Å². The van der Waals surface area contributed by atoms with Gasteiger partial charge in [0.2, 0.25) is 0 Å². The fraction of sp³-hybridized carbons (Fsp3) is 0.455. The molecule has 0 aliphatic heterocycles. The van der Waals surface area contributed by atoms with E-state index in [2.05, 4.69) is 17.6 Å². The number of fused-ring (bicyclic) bond motifs is 1. The molecule has 1 aromatic rings. The van der Waals surface area contributed by atoms with E-state index in [9.17, 15) is 0 Å². The van der Waals surface area contributed by atoms with Gasteiger partial charge in [-0.2, -0.15) is 0 Å². The quantitative estimate of drug-likeness (QED) is 0.425. The monoisotopic (exact) mass is 192 g/mol. The summed E-state index contributed by atoms with van der Waals surface area (Å²) < 4.78 is 5.53. The minimum absolute atomic E-state index is 0.620. The molecule has 0 bridgehead atoms. The lowest BCUT2D eigenvalue weighted by Gasteiger charge is -2.07. The van der Waals surface area contributed by atoms with E-state index >= 15 is 0 Å². The van der Waals surface area contributed by atoms with Crippen molar-refractivity contribution in [3.8, 4) is 5.75 Å². The molecule has 3 heteroatoms. The molecule has 0 heterocycles. The molecule has 0 saturated heterocycles. The molecule has 3 nitrogen and oxygen atoms in total. The minimum Gasteiger partial charge on any atom is -0.492 e. The second kappa shape index (κ2) is 4.44. The van der Waals surface area contributed by atoms with E-state index < -0.39 is 0 Å². The third kappa shape index (κ3) is 2.05. The fourth-order valence-electron chi connectivity index (χ4n) is 1.87. The number of hydrogen-bond donors (Lipinski definition) is 2. The summed E-state index contributed by atoms with van der Waals surface area (Å²) in [6.07, 6.45) is 3.70. The predicted octanol–water partition coefficient (Wildman–Crippen LogP) is 1.02.